The number of hydrogen-bond acceptors (Lipinski definition) is 5. The highest BCUT2D eigenvalue weighted by molar-refractivity contribution is 5.93. The minimum Gasteiger partial charge on any atom is -0.366 e. The predicted molar refractivity (Wildman–Crippen MR) is 80.1 cm³/mol. The Bertz CT molecular complexity index is 870. The molecule has 0 aliphatic rings. The Balaban J connectivity index is 2.01. The van der Waals surface area contributed by atoms with E-state index in [1.807, 2.05) is 0 Å². The van der Waals surface area contributed by atoms with Gasteiger partial charge in [0.25, 0.3) is 0 Å². The quantitative estimate of drug-likeness (QED) is 0.565. The zero-order chi connectivity index (χ0) is 15.7. The third-order valence-corrected chi connectivity index (χ3v) is 3.11. The molecule has 0 fully saturated rings. The van der Waals surface area contributed by atoms with Crippen LogP contribution in [-0.4, -0.2) is 20.2 Å². The minimum absolute atomic E-state index is 0.128. The minimum atomic E-state index is -0.537. The van der Waals surface area contributed by atoms with Gasteiger partial charge in [0, 0.05) is 17.3 Å². The summed E-state index contributed by atoms with van der Waals surface area (Å²) in [5.74, 6) is -0.567. The molecule has 3 rings (SSSR count). The van der Waals surface area contributed by atoms with Crippen molar-refractivity contribution in [1.82, 2.24) is 9.38 Å². The fourth-order valence-corrected chi connectivity index (χ4v) is 2.10. The molecular weight excluding hydrogens is 286 g/mol. The maximum atomic E-state index is 11.3. The Kier molecular flexibility index (Phi) is 3.18. The van der Waals surface area contributed by atoms with Crippen molar-refractivity contribution in [2.45, 2.75) is 0 Å². The van der Waals surface area contributed by atoms with Gasteiger partial charge < -0.3 is 21.2 Å². The van der Waals surface area contributed by atoms with E-state index in [9.17, 15) is 14.9 Å². The summed E-state index contributed by atoms with van der Waals surface area (Å²) in [7, 11) is 0. The highest BCUT2D eigenvalue weighted by Gasteiger charge is 2.22. The number of carbonyl (C=O) groups excluding carboxylic acids is 1. The Morgan fingerprint density at radius 1 is 1.23 bits per heavy atom. The molecule has 110 valence electrons. The number of pyridine rings is 1. The van der Waals surface area contributed by atoms with E-state index in [0.29, 0.717) is 16.9 Å². The summed E-state index contributed by atoms with van der Waals surface area (Å²) in [6, 6.07) is 11.4. The van der Waals surface area contributed by atoms with Crippen molar-refractivity contribution < 1.29 is 9.72 Å². The number of imidazole rings is 1. The fourth-order valence-electron chi connectivity index (χ4n) is 2.10. The molecule has 2 heterocycles. The summed E-state index contributed by atoms with van der Waals surface area (Å²) in [5, 5.41) is 14.2. The van der Waals surface area contributed by atoms with Crippen LogP contribution in [0.1, 0.15) is 10.4 Å². The molecule has 3 N–H and O–H groups in total. The number of nitro groups is 1. The number of benzene rings is 1. The van der Waals surface area contributed by atoms with Crippen molar-refractivity contribution in [2.24, 2.45) is 5.73 Å². The fraction of sp³-hybridized carbons (Fsp3) is 0. The first-order valence-electron chi connectivity index (χ1n) is 6.34. The molecule has 8 heteroatoms. The van der Waals surface area contributed by atoms with Crippen molar-refractivity contribution in [3.63, 3.8) is 0 Å². The maximum Gasteiger partial charge on any atom is 0.372 e. The lowest BCUT2D eigenvalue weighted by molar-refractivity contribution is -0.389. The van der Waals surface area contributed by atoms with Crippen molar-refractivity contribution >= 4 is 28.9 Å². The Morgan fingerprint density at radius 3 is 2.59 bits per heavy atom. The van der Waals surface area contributed by atoms with Crippen LogP contribution in [0.25, 0.3) is 5.65 Å². The summed E-state index contributed by atoms with van der Waals surface area (Å²) in [5.41, 5.74) is 6.55. The number of rotatable bonds is 4. The lowest BCUT2D eigenvalue weighted by Crippen LogP contribution is -2.10. The molecule has 0 aliphatic carbocycles. The van der Waals surface area contributed by atoms with Gasteiger partial charge in [-0.1, -0.05) is 6.07 Å². The molecular formula is C14H11N5O3. The van der Waals surface area contributed by atoms with Crippen LogP contribution in [-0.2, 0) is 0 Å². The first-order valence-corrected chi connectivity index (χ1v) is 6.34. The SMILES string of the molecule is NC(=O)c1ccc(Nc2nc3ccccn3c2[N+](=O)[O-])cc1. The molecule has 1 amide bonds. The second-order valence-electron chi connectivity index (χ2n) is 4.54. The van der Waals surface area contributed by atoms with Gasteiger partial charge in [0.1, 0.15) is 0 Å². The van der Waals surface area contributed by atoms with Crippen LogP contribution >= 0.6 is 0 Å². The number of hydrogen-bond donors (Lipinski definition) is 2. The van der Waals surface area contributed by atoms with Gasteiger partial charge >= 0.3 is 5.82 Å². The zero-order valence-electron chi connectivity index (χ0n) is 11.3. The standard InChI is InChI=1S/C14H11N5O3/c15-12(20)9-4-6-10(7-5-9)16-13-14(19(21)22)18-8-2-1-3-11(18)17-13/h1-8,16H,(H2,15,20). The summed E-state index contributed by atoms with van der Waals surface area (Å²) in [6.45, 7) is 0. The van der Waals surface area contributed by atoms with Gasteiger partial charge in [0.2, 0.25) is 17.4 Å². The van der Waals surface area contributed by atoms with E-state index in [-0.39, 0.29) is 11.6 Å². The third kappa shape index (κ3) is 2.33. The first-order chi connectivity index (χ1) is 10.6. The van der Waals surface area contributed by atoms with E-state index < -0.39 is 10.8 Å². The number of carbonyl (C=O) groups is 1. The van der Waals surface area contributed by atoms with E-state index in [2.05, 4.69) is 10.3 Å². The normalized spacial score (nSPS) is 10.5. The zero-order valence-corrected chi connectivity index (χ0v) is 11.3. The topological polar surface area (TPSA) is 116 Å². The van der Waals surface area contributed by atoms with Crippen LogP contribution < -0.4 is 11.1 Å². The lowest BCUT2D eigenvalue weighted by atomic mass is 10.2. The average molecular weight is 297 g/mol. The second kappa shape index (κ2) is 5.17. The van der Waals surface area contributed by atoms with E-state index in [1.165, 1.54) is 16.5 Å². The average Bonchev–Trinajstić information content (AvgIpc) is 2.85. The highest BCUT2D eigenvalue weighted by Crippen LogP contribution is 2.28. The molecule has 8 nitrogen and oxygen atoms in total. The smallest absolute Gasteiger partial charge is 0.366 e. The monoisotopic (exact) mass is 297 g/mol. The third-order valence-electron chi connectivity index (χ3n) is 3.11. The molecule has 0 saturated heterocycles. The molecule has 0 unspecified atom stereocenters. The molecule has 0 saturated carbocycles. The number of fused-ring (bicyclic) bond motifs is 1. The summed E-state index contributed by atoms with van der Waals surface area (Å²) in [4.78, 5) is 26.0. The molecule has 22 heavy (non-hydrogen) atoms. The Hall–Kier alpha value is -3.42. The Labute approximate surface area is 124 Å². The van der Waals surface area contributed by atoms with Crippen molar-refractivity contribution in [2.75, 3.05) is 5.32 Å². The number of anilines is 2. The van der Waals surface area contributed by atoms with E-state index >= 15 is 0 Å². The van der Waals surface area contributed by atoms with Gasteiger partial charge in [0.05, 0.1) is 6.20 Å². The molecule has 0 aliphatic heterocycles. The van der Waals surface area contributed by atoms with Gasteiger partial charge in [-0.25, -0.2) is 0 Å². The van der Waals surface area contributed by atoms with Crippen LogP contribution in [0.3, 0.4) is 0 Å². The number of nitrogens with zero attached hydrogens (tertiary/aromatic N) is 3. The van der Waals surface area contributed by atoms with Crippen LogP contribution in [0.5, 0.6) is 0 Å². The molecule has 0 bridgehead atoms. The Morgan fingerprint density at radius 2 is 1.95 bits per heavy atom. The molecule has 0 radical (unpaired) electrons. The van der Waals surface area contributed by atoms with E-state index in [1.54, 1.807) is 36.5 Å². The largest absolute Gasteiger partial charge is 0.372 e. The van der Waals surface area contributed by atoms with Crippen LogP contribution in [0.4, 0.5) is 17.3 Å². The number of nitrogens with one attached hydrogen (secondary N) is 1. The van der Waals surface area contributed by atoms with Gasteiger partial charge in [-0.05, 0) is 35.3 Å². The molecule has 0 spiro atoms. The van der Waals surface area contributed by atoms with Crippen LogP contribution in [0.15, 0.2) is 48.7 Å². The molecule has 0 atom stereocenters. The maximum absolute atomic E-state index is 11.3. The van der Waals surface area contributed by atoms with Crippen molar-refractivity contribution in [3.8, 4) is 0 Å². The van der Waals surface area contributed by atoms with Crippen molar-refractivity contribution in [3.05, 3.63) is 64.3 Å². The number of primary amides is 1. The predicted octanol–water partition coefficient (Wildman–Crippen LogP) is 2.08. The molecule has 1 aromatic carbocycles. The second-order valence-corrected chi connectivity index (χ2v) is 4.54. The number of nitrogens with two attached hydrogens (primary N) is 1. The van der Waals surface area contributed by atoms with Crippen LogP contribution in [0, 0.1) is 10.1 Å². The molecule has 2 aromatic heterocycles. The van der Waals surface area contributed by atoms with Crippen molar-refractivity contribution in [1.29, 1.82) is 0 Å². The van der Waals surface area contributed by atoms with Gasteiger partial charge in [0.15, 0.2) is 0 Å². The van der Waals surface area contributed by atoms with E-state index in [0.717, 1.165) is 0 Å². The summed E-state index contributed by atoms with van der Waals surface area (Å²) < 4.78 is 1.39. The first kappa shape index (κ1) is 13.6. The highest BCUT2D eigenvalue weighted by atomic mass is 16.6. The van der Waals surface area contributed by atoms with Gasteiger partial charge in [-0.2, -0.15) is 9.38 Å². The van der Waals surface area contributed by atoms with Crippen LogP contribution in [0.2, 0.25) is 0 Å². The lowest BCUT2D eigenvalue weighted by Gasteiger charge is -2.04. The van der Waals surface area contributed by atoms with E-state index in [4.69, 9.17) is 5.73 Å². The number of amides is 1. The number of aromatic nitrogens is 2. The summed E-state index contributed by atoms with van der Waals surface area (Å²) in [6.07, 6.45) is 1.57. The summed E-state index contributed by atoms with van der Waals surface area (Å²) >= 11 is 0. The van der Waals surface area contributed by atoms with Gasteiger partial charge in [-0.15, -0.1) is 0 Å². The van der Waals surface area contributed by atoms with Gasteiger partial charge in [-0.3, -0.25) is 4.79 Å². The molecule has 3 aromatic rings.